The molecule has 0 saturated heterocycles. The molecule has 3 aromatic rings. The number of nitrogens with one attached hydrogen (secondary N) is 2. The normalized spacial score (nSPS) is 12.6. The van der Waals surface area contributed by atoms with E-state index in [0.29, 0.717) is 5.76 Å². The van der Waals surface area contributed by atoms with Crippen LogP contribution >= 0.6 is 0 Å². The summed E-state index contributed by atoms with van der Waals surface area (Å²) >= 11 is 0. The Hall–Kier alpha value is -3.06. The molecular weight excluding hydrogens is 357 g/mol. The highest BCUT2D eigenvalue weighted by Gasteiger charge is 2.30. The van der Waals surface area contributed by atoms with Gasteiger partial charge in [0, 0.05) is 5.69 Å². The number of amides is 1. The van der Waals surface area contributed by atoms with Gasteiger partial charge in [0.1, 0.15) is 5.76 Å². The van der Waals surface area contributed by atoms with Crippen molar-refractivity contribution in [3.05, 3.63) is 89.9 Å². The Kier molecular flexibility index (Phi) is 5.61. The molecule has 0 aliphatic carbocycles. The third kappa shape index (κ3) is 4.98. The van der Waals surface area contributed by atoms with E-state index in [1.807, 2.05) is 30.3 Å². The van der Waals surface area contributed by atoms with Gasteiger partial charge in [0.15, 0.2) is 0 Å². The van der Waals surface area contributed by atoms with Gasteiger partial charge in [0.25, 0.3) is 0 Å². The van der Waals surface area contributed by atoms with E-state index >= 15 is 0 Å². The molecule has 3 rings (SSSR count). The molecule has 0 bridgehead atoms. The molecule has 0 unspecified atom stereocenters. The summed E-state index contributed by atoms with van der Waals surface area (Å²) in [6.07, 6.45) is -2.92. The van der Waals surface area contributed by atoms with E-state index in [0.717, 1.165) is 17.7 Å². The van der Waals surface area contributed by atoms with Gasteiger partial charge >= 0.3 is 6.18 Å². The summed E-state index contributed by atoms with van der Waals surface area (Å²) in [6.45, 7) is -0.101. The Labute approximate surface area is 154 Å². The summed E-state index contributed by atoms with van der Waals surface area (Å²) in [5.41, 5.74) is 0.177. The van der Waals surface area contributed by atoms with Gasteiger partial charge in [-0.1, -0.05) is 36.4 Å². The van der Waals surface area contributed by atoms with Crippen LogP contribution in [0.25, 0.3) is 0 Å². The number of rotatable bonds is 6. The molecule has 7 heteroatoms. The van der Waals surface area contributed by atoms with Crippen molar-refractivity contribution in [2.45, 2.75) is 12.2 Å². The number of hydrogen-bond donors (Lipinski definition) is 2. The molecule has 2 N–H and O–H groups in total. The predicted molar refractivity (Wildman–Crippen MR) is 95.1 cm³/mol. The molecular formula is C20H17F3N2O2. The minimum absolute atomic E-state index is 0.0888. The molecule has 1 heterocycles. The molecule has 27 heavy (non-hydrogen) atoms. The first-order chi connectivity index (χ1) is 12.9. The SMILES string of the molecule is O=C(CN[C@@H](c1ccccc1)c1ccco1)Nc1cccc(C(F)(F)F)c1. The van der Waals surface area contributed by atoms with Crippen molar-refractivity contribution in [1.29, 1.82) is 0 Å². The van der Waals surface area contributed by atoms with Crippen LogP contribution in [0.4, 0.5) is 18.9 Å². The Morgan fingerprint density at radius 1 is 1.00 bits per heavy atom. The fourth-order valence-corrected chi connectivity index (χ4v) is 2.66. The van der Waals surface area contributed by atoms with E-state index < -0.39 is 17.6 Å². The average molecular weight is 374 g/mol. The van der Waals surface area contributed by atoms with E-state index in [1.54, 1.807) is 12.1 Å². The second-order valence-electron chi connectivity index (χ2n) is 5.87. The monoisotopic (exact) mass is 374 g/mol. The Balaban J connectivity index is 1.67. The van der Waals surface area contributed by atoms with Crippen LogP contribution in [0, 0.1) is 0 Å². The zero-order valence-corrected chi connectivity index (χ0v) is 14.2. The van der Waals surface area contributed by atoms with Crippen molar-refractivity contribution in [2.75, 3.05) is 11.9 Å². The maximum atomic E-state index is 12.8. The van der Waals surface area contributed by atoms with E-state index in [-0.39, 0.29) is 18.3 Å². The summed E-state index contributed by atoms with van der Waals surface area (Å²) in [5, 5.41) is 5.55. The van der Waals surface area contributed by atoms with Crippen LogP contribution in [-0.2, 0) is 11.0 Å². The number of alkyl halides is 3. The van der Waals surface area contributed by atoms with Crippen molar-refractivity contribution in [2.24, 2.45) is 0 Å². The second kappa shape index (κ2) is 8.09. The fourth-order valence-electron chi connectivity index (χ4n) is 2.66. The number of benzene rings is 2. The fraction of sp³-hybridized carbons (Fsp3) is 0.150. The number of anilines is 1. The van der Waals surface area contributed by atoms with Crippen molar-refractivity contribution in [3.63, 3.8) is 0 Å². The Morgan fingerprint density at radius 3 is 2.44 bits per heavy atom. The summed E-state index contributed by atoms with van der Waals surface area (Å²) < 4.78 is 43.7. The smallest absolute Gasteiger partial charge is 0.416 e. The molecule has 1 amide bonds. The van der Waals surface area contributed by atoms with Gasteiger partial charge in [0.05, 0.1) is 24.4 Å². The standard InChI is InChI=1S/C20H17F3N2O2/c21-20(22,23)15-8-4-9-16(12-15)25-18(26)13-24-19(17-10-5-11-27-17)14-6-2-1-3-7-14/h1-12,19,24H,13H2,(H,25,26)/t19-/m0/s1. The van der Waals surface area contributed by atoms with Crippen LogP contribution in [0.3, 0.4) is 0 Å². The lowest BCUT2D eigenvalue weighted by molar-refractivity contribution is -0.137. The molecule has 0 aliphatic rings. The van der Waals surface area contributed by atoms with Crippen LogP contribution in [0.1, 0.15) is 22.9 Å². The molecule has 0 radical (unpaired) electrons. The van der Waals surface area contributed by atoms with Crippen LogP contribution in [0.15, 0.2) is 77.4 Å². The van der Waals surface area contributed by atoms with Crippen LogP contribution in [-0.4, -0.2) is 12.5 Å². The molecule has 1 atom stereocenters. The third-order valence-electron chi connectivity index (χ3n) is 3.90. The second-order valence-corrected chi connectivity index (χ2v) is 5.87. The number of halogens is 3. The van der Waals surface area contributed by atoms with Crippen molar-refractivity contribution in [3.8, 4) is 0 Å². The minimum atomic E-state index is -4.46. The van der Waals surface area contributed by atoms with Gasteiger partial charge in [-0.15, -0.1) is 0 Å². The summed E-state index contributed by atoms with van der Waals surface area (Å²) in [5.74, 6) is 0.176. The first kappa shape index (κ1) is 18.7. The van der Waals surface area contributed by atoms with Crippen molar-refractivity contribution >= 4 is 11.6 Å². The zero-order chi connectivity index (χ0) is 19.3. The Bertz CT molecular complexity index is 878. The molecule has 1 aromatic heterocycles. The van der Waals surface area contributed by atoms with Crippen LogP contribution < -0.4 is 10.6 Å². The minimum Gasteiger partial charge on any atom is -0.467 e. The quantitative estimate of drug-likeness (QED) is 0.662. The van der Waals surface area contributed by atoms with Gasteiger partial charge in [-0.25, -0.2) is 0 Å². The Morgan fingerprint density at radius 2 is 1.78 bits per heavy atom. The number of furan rings is 1. The van der Waals surface area contributed by atoms with Gasteiger partial charge in [-0.2, -0.15) is 13.2 Å². The van der Waals surface area contributed by atoms with Crippen molar-refractivity contribution < 1.29 is 22.4 Å². The lowest BCUT2D eigenvalue weighted by atomic mass is 10.0. The summed E-state index contributed by atoms with van der Waals surface area (Å²) in [6, 6.07) is 17.1. The number of hydrogen-bond acceptors (Lipinski definition) is 3. The van der Waals surface area contributed by atoms with E-state index in [1.165, 1.54) is 18.4 Å². The highest BCUT2D eigenvalue weighted by atomic mass is 19.4. The summed E-state index contributed by atoms with van der Waals surface area (Å²) in [7, 11) is 0. The molecule has 0 saturated carbocycles. The van der Waals surface area contributed by atoms with E-state index in [2.05, 4.69) is 10.6 Å². The van der Waals surface area contributed by atoms with Crippen LogP contribution in [0.2, 0.25) is 0 Å². The van der Waals surface area contributed by atoms with Gasteiger partial charge in [0.2, 0.25) is 5.91 Å². The molecule has 0 fully saturated rings. The molecule has 2 aromatic carbocycles. The summed E-state index contributed by atoms with van der Waals surface area (Å²) in [4.78, 5) is 12.2. The zero-order valence-electron chi connectivity index (χ0n) is 14.2. The lowest BCUT2D eigenvalue weighted by Gasteiger charge is -2.17. The first-order valence-corrected chi connectivity index (χ1v) is 8.22. The van der Waals surface area contributed by atoms with E-state index in [9.17, 15) is 18.0 Å². The molecule has 4 nitrogen and oxygen atoms in total. The third-order valence-corrected chi connectivity index (χ3v) is 3.90. The first-order valence-electron chi connectivity index (χ1n) is 8.22. The molecule has 0 aliphatic heterocycles. The van der Waals surface area contributed by atoms with Crippen LogP contribution in [0.5, 0.6) is 0 Å². The predicted octanol–water partition coefficient (Wildman–Crippen LogP) is 4.62. The van der Waals surface area contributed by atoms with Gasteiger partial charge in [-0.05, 0) is 35.9 Å². The molecule has 140 valence electrons. The molecule has 0 spiro atoms. The topological polar surface area (TPSA) is 54.3 Å². The van der Waals surface area contributed by atoms with Crippen molar-refractivity contribution in [1.82, 2.24) is 5.32 Å². The largest absolute Gasteiger partial charge is 0.467 e. The lowest BCUT2D eigenvalue weighted by Crippen LogP contribution is -2.31. The number of carbonyl (C=O) groups is 1. The maximum absolute atomic E-state index is 12.8. The van der Waals surface area contributed by atoms with Gasteiger partial charge in [-0.3, -0.25) is 10.1 Å². The maximum Gasteiger partial charge on any atom is 0.416 e. The number of carbonyl (C=O) groups excluding carboxylic acids is 1. The van der Waals surface area contributed by atoms with Gasteiger partial charge < -0.3 is 9.73 Å². The highest BCUT2D eigenvalue weighted by molar-refractivity contribution is 5.92. The highest BCUT2D eigenvalue weighted by Crippen LogP contribution is 2.30. The average Bonchev–Trinajstić information content (AvgIpc) is 3.17. The van der Waals surface area contributed by atoms with E-state index in [4.69, 9.17) is 4.42 Å².